The predicted molar refractivity (Wildman–Crippen MR) is 119 cm³/mol. The Hall–Kier alpha value is -2.19. The average Bonchev–Trinajstić information content (AvgIpc) is 3.33. The van der Waals surface area contributed by atoms with Crippen LogP contribution in [0.4, 0.5) is 0 Å². The highest BCUT2D eigenvalue weighted by molar-refractivity contribution is 7.90. The van der Waals surface area contributed by atoms with Crippen molar-refractivity contribution in [2.24, 2.45) is 0 Å². The van der Waals surface area contributed by atoms with Gasteiger partial charge in [-0.2, -0.15) is 0 Å². The standard InChI is InChI=1S/C22H27N3O3S2/c1-15-16(2)25(19-9-5-4-6-10-19)22(23-15)30(26,27)14-18-13-29-21(24-18)17-8-7-11-20(12-17)28-3/h7-8,11-13,19H,4-6,9-10,14H2,1-3H3. The van der Waals surface area contributed by atoms with Crippen molar-refractivity contribution in [3.8, 4) is 16.3 Å². The van der Waals surface area contributed by atoms with Gasteiger partial charge in [-0.15, -0.1) is 11.3 Å². The lowest BCUT2D eigenvalue weighted by atomic mass is 9.95. The Balaban J connectivity index is 1.63. The molecule has 6 nitrogen and oxygen atoms in total. The molecular formula is C22H27N3O3S2. The number of ether oxygens (including phenoxy) is 1. The van der Waals surface area contributed by atoms with Crippen molar-refractivity contribution in [3.63, 3.8) is 0 Å². The number of rotatable bonds is 6. The van der Waals surface area contributed by atoms with Gasteiger partial charge in [0.25, 0.3) is 0 Å². The summed E-state index contributed by atoms with van der Waals surface area (Å²) in [4.78, 5) is 9.06. The highest BCUT2D eigenvalue weighted by Gasteiger charge is 2.30. The largest absolute Gasteiger partial charge is 0.497 e. The highest BCUT2D eigenvalue weighted by atomic mass is 32.2. The van der Waals surface area contributed by atoms with Gasteiger partial charge in [0.2, 0.25) is 15.0 Å². The highest BCUT2D eigenvalue weighted by Crippen LogP contribution is 2.34. The summed E-state index contributed by atoms with van der Waals surface area (Å²) >= 11 is 1.44. The molecule has 2 heterocycles. The quantitative estimate of drug-likeness (QED) is 0.527. The fraction of sp³-hybridized carbons (Fsp3) is 0.455. The molecule has 0 spiro atoms. The average molecular weight is 446 g/mol. The van der Waals surface area contributed by atoms with E-state index in [9.17, 15) is 8.42 Å². The Kier molecular flexibility index (Phi) is 5.97. The first-order valence-electron chi connectivity index (χ1n) is 10.3. The Morgan fingerprint density at radius 3 is 2.67 bits per heavy atom. The summed E-state index contributed by atoms with van der Waals surface area (Å²) in [6, 6.07) is 7.84. The molecule has 0 amide bonds. The molecule has 30 heavy (non-hydrogen) atoms. The number of thiazole rings is 1. The molecule has 1 aliphatic rings. The molecule has 0 N–H and O–H groups in total. The van der Waals surface area contributed by atoms with Crippen molar-refractivity contribution < 1.29 is 13.2 Å². The van der Waals surface area contributed by atoms with Crippen molar-refractivity contribution >= 4 is 21.2 Å². The van der Waals surface area contributed by atoms with Crippen molar-refractivity contribution in [3.05, 3.63) is 46.7 Å². The molecule has 1 aromatic carbocycles. The van der Waals surface area contributed by atoms with Gasteiger partial charge in [-0.3, -0.25) is 0 Å². The minimum Gasteiger partial charge on any atom is -0.497 e. The Morgan fingerprint density at radius 2 is 1.93 bits per heavy atom. The molecule has 8 heteroatoms. The van der Waals surface area contributed by atoms with Crippen LogP contribution in [0.2, 0.25) is 0 Å². The number of hydrogen-bond acceptors (Lipinski definition) is 6. The first-order valence-corrected chi connectivity index (χ1v) is 12.8. The van der Waals surface area contributed by atoms with E-state index in [-0.39, 0.29) is 17.0 Å². The SMILES string of the molecule is COc1cccc(-c2nc(CS(=O)(=O)c3nc(C)c(C)n3C3CCCCC3)cs2)c1. The summed E-state index contributed by atoms with van der Waals surface area (Å²) in [6.07, 6.45) is 5.51. The minimum absolute atomic E-state index is 0.143. The van der Waals surface area contributed by atoms with Gasteiger partial charge in [0, 0.05) is 22.7 Å². The summed E-state index contributed by atoms with van der Waals surface area (Å²) in [5.74, 6) is 0.605. The molecule has 1 saturated carbocycles. The zero-order chi connectivity index (χ0) is 21.3. The molecule has 4 rings (SSSR count). The van der Waals surface area contributed by atoms with E-state index in [1.54, 1.807) is 7.11 Å². The number of imidazole rings is 1. The Bertz CT molecular complexity index is 1140. The van der Waals surface area contributed by atoms with Crippen LogP contribution in [-0.2, 0) is 15.6 Å². The summed E-state index contributed by atoms with van der Waals surface area (Å²) in [5, 5.41) is 2.79. The van der Waals surface area contributed by atoms with Crippen LogP contribution in [0.25, 0.3) is 10.6 Å². The lowest BCUT2D eigenvalue weighted by molar-refractivity contribution is 0.329. The third kappa shape index (κ3) is 4.16. The topological polar surface area (TPSA) is 74.1 Å². The maximum Gasteiger partial charge on any atom is 0.228 e. The molecule has 1 fully saturated rings. The maximum absolute atomic E-state index is 13.3. The van der Waals surface area contributed by atoms with Gasteiger partial charge >= 0.3 is 0 Å². The van der Waals surface area contributed by atoms with Gasteiger partial charge < -0.3 is 9.30 Å². The summed E-state index contributed by atoms with van der Waals surface area (Å²) < 4.78 is 33.9. The first-order chi connectivity index (χ1) is 14.4. The molecule has 0 radical (unpaired) electrons. The summed E-state index contributed by atoms with van der Waals surface area (Å²) in [6.45, 7) is 3.86. The molecule has 0 aliphatic heterocycles. The number of nitrogens with zero attached hydrogens (tertiary/aromatic N) is 3. The van der Waals surface area contributed by atoms with Crippen LogP contribution in [-0.4, -0.2) is 30.1 Å². The van der Waals surface area contributed by atoms with Crippen LogP contribution in [0.3, 0.4) is 0 Å². The third-order valence-corrected chi connectivity index (χ3v) is 8.24. The second-order valence-corrected chi connectivity index (χ2v) is 10.6. The molecule has 0 bridgehead atoms. The molecule has 0 saturated heterocycles. The lowest BCUT2D eigenvalue weighted by Gasteiger charge is -2.26. The summed E-state index contributed by atoms with van der Waals surface area (Å²) in [5.41, 5.74) is 3.20. The monoisotopic (exact) mass is 445 g/mol. The zero-order valence-electron chi connectivity index (χ0n) is 17.6. The fourth-order valence-corrected chi connectivity index (χ4v) is 6.56. The van der Waals surface area contributed by atoms with E-state index in [1.807, 2.05) is 48.1 Å². The third-order valence-electron chi connectivity index (χ3n) is 5.78. The lowest BCUT2D eigenvalue weighted by Crippen LogP contribution is -2.20. The second kappa shape index (κ2) is 8.51. The van der Waals surface area contributed by atoms with Gasteiger partial charge in [0.1, 0.15) is 16.5 Å². The smallest absolute Gasteiger partial charge is 0.228 e. The van der Waals surface area contributed by atoms with E-state index in [0.717, 1.165) is 53.4 Å². The van der Waals surface area contributed by atoms with Crippen LogP contribution in [0.1, 0.15) is 55.2 Å². The van der Waals surface area contributed by atoms with Gasteiger partial charge in [0.15, 0.2) is 0 Å². The number of hydrogen-bond donors (Lipinski definition) is 0. The molecule has 3 aromatic rings. The van der Waals surface area contributed by atoms with Crippen LogP contribution in [0.15, 0.2) is 34.8 Å². The normalized spacial score (nSPS) is 15.4. The number of methoxy groups -OCH3 is 1. The molecule has 2 aromatic heterocycles. The van der Waals surface area contributed by atoms with E-state index >= 15 is 0 Å². The number of sulfone groups is 1. The van der Waals surface area contributed by atoms with Crippen molar-refractivity contribution in [1.82, 2.24) is 14.5 Å². The Morgan fingerprint density at radius 1 is 1.17 bits per heavy atom. The number of benzene rings is 1. The predicted octanol–water partition coefficient (Wildman–Crippen LogP) is 5.11. The fourth-order valence-electron chi connectivity index (χ4n) is 4.11. The number of aryl methyl sites for hydroxylation is 1. The van der Waals surface area contributed by atoms with Crippen LogP contribution < -0.4 is 4.74 Å². The molecule has 0 unspecified atom stereocenters. The van der Waals surface area contributed by atoms with Crippen molar-refractivity contribution in [2.75, 3.05) is 7.11 Å². The van der Waals surface area contributed by atoms with Gasteiger partial charge in [0.05, 0.1) is 18.5 Å². The van der Waals surface area contributed by atoms with Crippen LogP contribution in [0, 0.1) is 13.8 Å². The molecule has 160 valence electrons. The van der Waals surface area contributed by atoms with E-state index in [4.69, 9.17) is 4.74 Å². The molecule has 0 atom stereocenters. The molecule has 1 aliphatic carbocycles. The minimum atomic E-state index is -3.61. The first kappa shape index (κ1) is 21.1. The van der Waals surface area contributed by atoms with Crippen molar-refractivity contribution in [1.29, 1.82) is 0 Å². The van der Waals surface area contributed by atoms with E-state index in [0.29, 0.717) is 5.69 Å². The van der Waals surface area contributed by atoms with E-state index in [2.05, 4.69) is 9.97 Å². The van der Waals surface area contributed by atoms with Crippen LogP contribution in [0.5, 0.6) is 5.75 Å². The van der Waals surface area contributed by atoms with Crippen LogP contribution >= 0.6 is 11.3 Å². The van der Waals surface area contributed by atoms with Crippen molar-refractivity contribution in [2.45, 2.75) is 62.9 Å². The van der Waals surface area contributed by atoms with E-state index in [1.165, 1.54) is 17.8 Å². The van der Waals surface area contributed by atoms with Gasteiger partial charge in [-0.1, -0.05) is 31.4 Å². The number of aromatic nitrogens is 3. The molecular weight excluding hydrogens is 418 g/mol. The maximum atomic E-state index is 13.3. The zero-order valence-corrected chi connectivity index (χ0v) is 19.2. The van der Waals surface area contributed by atoms with Gasteiger partial charge in [-0.25, -0.2) is 18.4 Å². The van der Waals surface area contributed by atoms with Gasteiger partial charge in [-0.05, 0) is 38.8 Å². The Labute approximate surface area is 181 Å². The van der Waals surface area contributed by atoms with E-state index < -0.39 is 9.84 Å². The second-order valence-electron chi connectivity index (χ2n) is 7.86. The summed E-state index contributed by atoms with van der Waals surface area (Å²) in [7, 11) is -1.98.